The predicted molar refractivity (Wildman–Crippen MR) is 84.8 cm³/mol. The van der Waals surface area contributed by atoms with Gasteiger partial charge in [-0.3, -0.25) is 0 Å². The highest BCUT2D eigenvalue weighted by Gasteiger charge is 2.29. The zero-order chi connectivity index (χ0) is 15.4. The SMILES string of the molecule is CCn1cnnc1[C@H]1CN(C(=O)NC[C@H]2CCCS2)CCO1. The Bertz CT molecular complexity index is 503. The lowest BCUT2D eigenvalue weighted by atomic mass is 10.2. The van der Waals surface area contributed by atoms with Crippen molar-refractivity contribution in [3.8, 4) is 0 Å². The van der Waals surface area contributed by atoms with E-state index in [1.165, 1.54) is 18.6 Å². The number of nitrogens with one attached hydrogen (secondary N) is 1. The molecular weight excluding hydrogens is 302 g/mol. The van der Waals surface area contributed by atoms with Crippen LogP contribution in [0.2, 0.25) is 0 Å². The van der Waals surface area contributed by atoms with Gasteiger partial charge in [-0.05, 0) is 25.5 Å². The summed E-state index contributed by atoms with van der Waals surface area (Å²) in [5.41, 5.74) is 0. The van der Waals surface area contributed by atoms with Gasteiger partial charge in [0.2, 0.25) is 0 Å². The number of ether oxygens (including phenoxy) is 1. The highest BCUT2D eigenvalue weighted by atomic mass is 32.2. The molecule has 22 heavy (non-hydrogen) atoms. The molecule has 0 aliphatic carbocycles. The highest BCUT2D eigenvalue weighted by molar-refractivity contribution is 8.00. The summed E-state index contributed by atoms with van der Waals surface area (Å²) >= 11 is 1.95. The Labute approximate surface area is 134 Å². The van der Waals surface area contributed by atoms with Crippen molar-refractivity contribution in [1.82, 2.24) is 25.0 Å². The molecule has 0 saturated carbocycles. The summed E-state index contributed by atoms with van der Waals surface area (Å²) in [5, 5.41) is 11.7. The number of aryl methyl sites for hydroxylation is 1. The predicted octanol–water partition coefficient (Wildman–Crippen LogP) is 1.28. The van der Waals surface area contributed by atoms with Gasteiger partial charge < -0.3 is 19.5 Å². The standard InChI is InChI=1S/C14H23N5O2S/c1-2-18-10-16-17-13(18)12-9-19(5-6-21-12)14(20)15-8-11-4-3-7-22-11/h10-12H,2-9H2,1H3,(H,15,20)/t11-,12-/m1/s1. The van der Waals surface area contributed by atoms with Crippen LogP contribution in [0.25, 0.3) is 0 Å². The smallest absolute Gasteiger partial charge is 0.317 e. The molecule has 2 fully saturated rings. The van der Waals surface area contributed by atoms with Gasteiger partial charge >= 0.3 is 6.03 Å². The number of rotatable bonds is 4. The Morgan fingerprint density at radius 1 is 1.59 bits per heavy atom. The van der Waals surface area contributed by atoms with Crippen molar-refractivity contribution in [2.75, 3.05) is 32.0 Å². The Hall–Kier alpha value is -1.28. The molecule has 1 aromatic rings. The van der Waals surface area contributed by atoms with Gasteiger partial charge in [0.25, 0.3) is 0 Å². The van der Waals surface area contributed by atoms with E-state index in [1.807, 2.05) is 28.2 Å². The van der Waals surface area contributed by atoms with Gasteiger partial charge in [0.05, 0.1) is 13.2 Å². The molecule has 3 rings (SSSR count). The number of morpholine rings is 1. The molecule has 0 aromatic carbocycles. The lowest BCUT2D eigenvalue weighted by molar-refractivity contribution is -0.0217. The number of carbonyl (C=O) groups excluding carboxylic acids is 1. The average molecular weight is 325 g/mol. The van der Waals surface area contributed by atoms with Crippen LogP contribution in [0, 0.1) is 0 Å². The molecule has 2 amide bonds. The Morgan fingerprint density at radius 3 is 3.27 bits per heavy atom. The summed E-state index contributed by atoms with van der Waals surface area (Å²) < 4.78 is 7.73. The maximum Gasteiger partial charge on any atom is 0.317 e. The molecule has 1 aromatic heterocycles. The van der Waals surface area contributed by atoms with Gasteiger partial charge in [-0.2, -0.15) is 11.8 Å². The molecule has 2 aliphatic rings. The fourth-order valence-corrected chi connectivity index (χ4v) is 4.07. The van der Waals surface area contributed by atoms with Crippen LogP contribution in [-0.4, -0.2) is 62.9 Å². The van der Waals surface area contributed by atoms with E-state index in [9.17, 15) is 4.79 Å². The lowest BCUT2D eigenvalue weighted by Gasteiger charge is -2.32. The van der Waals surface area contributed by atoms with Gasteiger partial charge in [0, 0.05) is 24.9 Å². The minimum atomic E-state index is -0.192. The number of nitrogens with zero attached hydrogens (tertiary/aromatic N) is 4. The van der Waals surface area contributed by atoms with E-state index in [0.29, 0.717) is 24.9 Å². The van der Waals surface area contributed by atoms with Crippen LogP contribution < -0.4 is 5.32 Å². The van der Waals surface area contributed by atoms with Crippen molar-refractivity contribution in [3.05, 3.63) is 12.2 Å². The second kappa shape index (κ2) is 7.32. The van der Waals surface area contributed by atoms with Gasteiger partial charge in [-0.1, -0.05) is 0 Å². The molecule has 7 nitrogen and oxygen atoms in total. The molecule has 0 unspecified atom stereocenters. The highest BCUT2D eigenvalue weighted by Crippen LogP contribution is 2.25. The van der Waals surface area contributed by atoms with Gasteiger partial charge in [0.15, 0.2) is 5.82 Å². The van der Waals surface area contributed by atoms with Gasteiger partial charge in [-0.25, -0.2) is 4.79 Å². The zero-order valence-electron chi connectivity index (χ0n) is 12.9. The van der Waals surface area contributed by atoms with Crippen LogP contribution in [0.5, 0.6) is 0 Å². The summed E-state index contributed by atoms with van der Waals surface area (Å²) in [6.45, 7) is 5.29. The third-order valence-corrected chi connectivity index (χ3v) is 5.53. The molecular formula is C14H23N5O2S. The first-order valence-electron chi connectivity index (χ1n) is 7.91. The fraction of sp³-hybridized carbons (Fsp3) is 0.786. The summed E-state index contributed by atoms with van der Waals surface area (Å²) in [6.07, 6.45) is 3.98. The van der Waals surface area contributed by atoms with E-state index in [2.05, 4.69) is 15.5 Å². The molecule has 1 N–H and O–H groups in total. The van der Waals surface area contributed by atoms with Crippen LogP contribution in [-0.2, 0) is 11.3 Å². The molecule has 2 saturated heterocycles. The number of hydrogen-bond donors (Lipinski definition) is 1. The first-order chi connectivity index (χ1) is 10.8. The normalized spacial score (nSPS) is 25.4. The minimum absolute atomic E-state index is 0.00311. The molecule has 2 aliphatic heterocycles. The number of amides is 2. The summed E-state index contributed by atoms with van der Waals surface area (Å²) in [6, 6.07) is 0.00311. The maximum atomic E-state index is 12.3. The van der Waals surface area contributed by atoms with Crippen molar-refractivity contribution in [2.45, 2.75) is 37.7 Å². The second-order valence-corrected chi connectivity index (χ2v) is 7.01. The van der Waals surface area contributed by atoms with Crippen LogP contribution in [0.15, 0.2) is 6.33 Å². The quantitative estimate of drug-likeness (QED) is 0.903. The minimum Gasteiger partial charge on any atom is -0.366 e. The molecule has 3 heterocycles. The number of thioether (sulfide) groups is 1. The Morgan fingerprint density at radius 2 is 2.50 bits per heavy atom. The van der Waals surface area contributed by atoms with Gasteiger partial charge in [0.1, 0.15) is 12.4 Å². The topological polar surface area (TPSA) is 72.3 Å². The summed E-state index contributed by atoms with van der Waals surface area (Å²) in [7, 11) is 0. The largest absolute Gasteiger partial charge is 0.366 e. The monoisotopic (exact) mass is 325 g/mol. The second-order valence-electron chi connectivity index (χ2n) is 5.60. The van der Waals surface area contributed by atoms with Crippen molar-refractivity contribution in [1.29, 1.82) is 0 Å². The number of urea groups is 1. The van der Waals surface area contributed by atoms with Crippen molar-refractivity contribution in [2.24, 2.45) is 0 Å². The van der Waals surface area contributed by atoms with E-state index in [4.69, 9.17) is 4.74 Å². The summed E-state index contributed by atoms with van der Waals surface area (Å²) in [4.78, 5) is 14.2. The molecule has 0 bridgehead atoms. The molecule has 0 radical (unpaired) electrons. The van der Waals surface area contributed by atoms with E-state index >= 15 is 0 Å². The summed E-state index contributed by atoms with van der Waals surface area (Å²) in [5.74, 6) is 2.01. The maximum absolute atomic E-state index is 12.3. The zero-order valence-corrected chi connectivity index (χ0v) is 13.7. The fourth-order valence-electron chi connectivity index (χ4n) is 2.87. The van der Waals surface area contributed by atoms with Crippen LogP contribution in [0.4, 0.5) is 4.79 Å². The first-order valence-corrected chi connectivity index (χ1v) is 8.96. The molecule has 0 spiro atoms. The van der Waals surface area contributed by atoms with Crippen LogP contribution in [0.1, 0.15) is 31.7 Å². The number of hydrogen-bond acceptors (Lipinski definition) is 5. The average Bonchev–Trinajstić information content (AvgIpc) is 3.23. The van der Waals surface area contributed by atoms with Crippen molar-refractivity contribution < 1.29 is 9.53 Å². The number of carbonyl (C=O) groups is 1. The number of aromatic nitrogens is 3. The first kappa shape index (κ1) is 15.6. The van der Waals surface area contributed by atoms with Crippen molar-refractivity contribution >= 4 is 17.8 Å². The van der Waals surface area contributed by atoms with E-state index in [-0.39, 0.29) is 12.1 Å². The van der Waals surface area contributed by atoms with Crippen LogP contribution in [0.3, 0.4) is 0 Å². The lowest BCUT2D eigenvalue weighted by Crippen LogP contribution is -2.48. The van der Waals surface area contributed by atoms with E-state index < -0.39 is 0 Å². The molecule has 122 valence electrons. The Kier molecular flexibility index (Phi) is 5.20. The molecule has 8 heteroatoms. The van der Waals surface area contributed by atoms with Crippen molar-refractivity contribution in [3.63, 3.8) is 0 Å². The molecule has 2 atom stereocenters. The third kappa shape index (κ3) is 3.55. The van der Waals surface area contributed by atoms with E-state index in [0.717, 1.165) is 18.9 Å². The van der Waals surface area contributed by atoms with Crippen LogP contribution >= 0.6 is 11.8 Å². The van der Waals surface area contributed by atoms with E-state index in [1.54, 1.807) is 6.33 Å². The van der Waals surface area contributed by atoms with Gasteiger partial charge in [-0.15, -0.1) is 10.2 Å². The Balaban J connectivity index is 1.54. The third-order valence-electron chi connectivity index (χ3n) is 4.13.